The molecule has 2 atom stereocenters. The summed E-state index contributed by atoms with van der Waals surface area (Å²) in [5, 5.41) is 2.64. The van der Waals surface area contributed by atoms with E-state index in [1.807, 2.05) is 13.8 Å². The summed E-state index contributed by atoms with van der Waals surface area (Å²) >= 11 is 0. The minimum absolute atomic E-state index is 0.211. The molecule has 0 saturated carbocycles. The predicted octanol–water partition coefficient (Wildman–Crippen LogP) is 0.428. The van der Waals surface area contributed by atoms with Gasteiger partial charge in [0.2, 0.25) is 5.91 Å². The van der Waals surface area contributed by atoms with Crippen LogP contribution in [0.4, 0.5) is 0 Å². The molecule has 16 heavy (non-hydrogen) atoms. The molecule has 1 amide bonds. The van der Waals surface area contributed by atoms with Gasteiger partial charge in [0, 0.05) is 12.5 Å². The monoisotopic (exact) mass is 230 g/mol. The van der Waals surface area contributed by atoms with E-state index in [0.717, 1.165) is 0 Å². The van der Waals surface area contributed by atoms with Gasteiger partial charge < -0.3 is 15.8 Å². The Kier molecular flexibility index (Phi) is 6.72. The van der Waals surface area contributed by atoms with E-state index in [0.29, 0.717) is 12.3 Å². The quantitative estimate of drug-likeness (QED) is 0.648. The van der Waals surface area contributed by atoms with Crippen molar-refractivity contribution in [3.63, 3.8) is 0 Å². The smallest absolute Gasteiger partial charge is 0.328 e. The molecule has 0 spiro atoms. The molecule has 5 nitrogen and oxygen atoms in total. The Bertz CT molecular complexity index is 239. The van der Waals surface area contributed by atoms with Crippen molar-refractivity contribution in [1.82, 2.24) is 5.32 Å². The van der Waals surface area contributed by atoms with Gasteiger partial charge in [0.25, 0.3) is 0 Å². The van der Waals surface area contributed by atoms with Gasteiger partial charge in [0.15, 0.2) is 0 Å². The number of hydrogen-bond donors (Lipinski definition) is 2. The highest BCUT2D eigenvalue weighted by molar-refractivity contribution is 5.84. The zero-order valence-corrected chi connectivity index (χ0v) is 10.4. The number of hydrogen-bond acceptors (Lipinski definition) is 4. The van der Waals surface area contributed by atoms with Gasteiger partial charge in [-0.1, -0.05) is 13.8 Å². The third-order valence-corrected chi connectivity index (χ3v) is 2.04. The number of methoxy groups -OCH3 is 1. The predicted molar refractivity (Wildman–Crippen MR) is 61.7 cm³/mol. The van der Waals surface area contributed by atoms with Crippen molar-refractivity contribution >= 4 is 11.9 Å². The number of amides is 1. The van der Waals surface area contributed by atoms with Crippen molar-refractivity contribution in [3.8, 4) is 0 Å². The molecule has 0 heterocycles. The molecule has 0 aliphatic carbocycles. The summed E-state index contributed by atoms with van der Waals surface area (Å²) in [4.78, 5) is 22.9. The molecular formula is C11H22N2O3. The van der Waals surface area contributed by atoms with Crippen molar-refractivity contribution in [2.75, 3.05) is 7.11 Å². The summed E-state index contributed by atoms with van der Waals surface area (Å²) in [7, 11) is 1.31. The number of rotatable bonds is 6. The molecule has 0 saturated heterocycles. The fourth-order valence-electron chi connectivity index (χ4n) is 1.37. The van der Waals surface area contributed by atoms with Crippen LogP contribution in [-0.2, 0) is 14.3 Å². The van der Waals surface area contributed by atoms with Crippen LogP contribution in [0.25, 0.3) is 0 Å². The zero-order chi connectivity index (χ0) is 12.7. The topological polar surface area (TPSA) is 81.4 Å². The molecule has 1 unspecified atom stereocenters. The second-order valence-corrected chi connectivity index (χ2v) is 4.45. The summed E-state index contributed by atoms with van der Waals surface area (Å²) in [6.45, 7) is 5.70. The molecule has 0 rings (SSSR count). The lowest BCUT2D eigenvalue weighted by molar-refractivity contribution is -0.145. The van der Waals surface area contributed by atoms with Gasteiger partial charge in [-0.25, -0.2) is 4.79 Å². The molecule has 0 aromatic carbocycles. The van der Waals surface area contributed by atoms with Gasteiger partial charge in [-0.3, -0.25) is 4.79 Å². The van der Waals surface area contributed by atoms with Crippen molar-refractivity contribution < 1.29 is 14.3 Å². The number of carbonyl (C=O) groups is 2. The highest BCUT2D eigenvalue weighted by Gasteiger charge is 2.22. The average molecular weight is 230 g/mol. The van der Waals surface area contributed by atoms with Crippen LogP contribution in [0.1, 0.15) is 33.6 Å². The second kappa shape index (κ2) is 7.22. The molecule has 0 aliphatic heterocycles. The van der Waals surface area contributed by atoms with E-state index < -0.39 is 12.0 Å². The largest absolute Gasteiger partial charge is 0.467 e. The maximum atomic E-state index is 11.5. The molecule has 0 radical (unpaired) electrons. The minimum atomic E-state index is -0.573. The highest BCUT2D eigenvalue weighted by Crippen LogP contribution is 2.06. The molecule has 5 heteroatoms. The summed E-state index contributed by atoms with van der Waals surface area (Å²) in [5.74, 6) is -0.322. The first-order valence-corrected chi connectivity index (χ1v) is 5.49. The van der Waals surface area contributed by atoms with Gasteiger partial charge in [-0.15, -0.1) is 0 Å². The first-order valence-electron chi connectivity index (χ1n) is 5.49. The van der Waals surface area contributed by atoms with Crippen LogP contribution in [0.15, 0.2) is 0 Å². The number of esters is 1. The van der Waals surface area contributed by atoms with E-state index in [-0.39, 0.29) is 18.4 Å². The van der Waals surface area contributed by atoms with E-state index in [1.54, 1.807) is 6.92 Å². The SMILES string of the molecule is COC(=O)[C@H](CC(C)C)NC(=O)CC(C)N. The lowest BCUT2D eigenvalue weighted by atomic mass is 10.0. The van der Waals surface area contributed by atoms with Crippen LogP contribution in [-0.4, -0.2) is 31.1 Å². The molecule has 94 valence electrons. The summed E-state index contributed by atoms with van der Waals surface area (Å²) in [6.07, 6.45) is 0.781. The maximum absolute atomic E-state index is 11.5. The Morgan fingerprint density at radius 1 is 1.31 bits per heavy atom. The van der Waals surface area contributed by atoms with Gasteiger partial charge in [0.05, 0.1) is 7.11 Å². The summed E-state index contributed by atoms with van der Waals surface area (Å²) in [6, 6.07) is -0.784. The third kappa shape index (κ3) is 6.40. The fraction of sp³-hybridized carbons (Fsp3) is 0.818. The number of ether oxygens (including phenoxy) is 1. The van der Waals surface area contributed by atoms with E-state index in [9.17, 15) is 9.59 Å². The zero-order valence-electron chi connectivity index (χ0n) is 10.4. The Morgan fingerprint density at radius 2 is 1.88 bits per heavy atom. The summed E-state index contributed by atoms with van der Waals surface area (Å²) < 4.78 is 4.63. The van der Waals surface area contributed by atoms with Gasteiger partial charge in [-0.2, -0.15) is 0 Å². The Balaban J connectivity index is 4.31. The Hall–Kier alpha value is -1.10. The lowest BCUT2D eigenvalue weighted by Crippen LogP contribution is -2.43. The Labute approximate surface area is 96.7 Å². The molecule has 3 N–H and O–H groups in total. The van der Waals surface area contributed by atoms with Crippen molar-refractivity contribution in [1.29, 1.82) is 0 Å². The fourth-order valence-corrected chi connectivity index (χ4v) is 1.37. The van der Waals surface area contributed by atoms with Crippen LogP contribution in [0.3, 0.4) is 0 Å². The van der Waals surface area contributed by atoms with E-state index in [1.165, 1.54) is 7.11 Å². The van der Waals surface area contributed by atoms with E-state index in [2.05, 4.69) is 10.1 Å². The number of carbonyl (C=O) groups excluding carboxylic acids is 2. The molecule has 0 aromatic heterocycles. The van der Waals surface area contributed by atoms with Crippen LogP contribution in [0, 0.1) is 5.92 Å². The van der Waals surface area contributed by atoms with Crippen LogP contribution >= 0.6 is 0 Å². The molecule has 0 fully saturated rings. The first kappa shape index (κ1) is 14.9. The molecule has 0 bridgehead atoms. The van der Waals surface area contributed by atoms with Crippen LogP contribution in [0.2, 0.25) is 0 Å². The first-order chi connectivity index (χ1) is 7.36. The number of nitrogens with two attached hydrogens (primary N) is 1. The normalized spacial score (nSPS) is 14.4. The van der Waals surface area contributed by atoms with E-state index in [4.69, 9.17) is 5.73 Å². The van der Waals surface area contributed by atoms with Gasteiger partial charge in [0.1, 0.15) is 6.04 Å². The average Bonchev–Trinajstić information content (AvgIpc) is 2.13. The number of nitrogens with one attached hydrogen (secondary N) is 1. The standard InChI is InChI=1S/C11H22N2O3/c1-7(2)5-9(11(15)16-4)13-10(14)6-8(3)12/h7-9H,5-6,12H2,1-4H3,(H,13,14)/t8?,9-/m0/s1. The highest BCUT2D eigenvalue weighted by atomic mass is 16.5. The van der Waals surface area contributed by atoms with Crippen LogP contribution in [0.5, 0.6) is 0 Å². The summed E-state index contributed by atoms with van der Waals surface area (Å²) in [5.41, 5.74) is 5.50. The van der Waals surface area contributed by atoms with Crippen molar-refractivity contribution in [2.24, 2.45) is 11.7 Å². The molecule has 0 aliphatic rings. The van der Waals surface area contributed by atoms with Gasteiger partial charge in [-0.05, 0) is 19.3 Å². The van der Waals surface area contributed by atoms with Crippen LogP contribution < -0.4 is 11.1 Å². The Morgan fingerprint density at radius 3 is 2.25 bits per heavy atom. The second-order valence-electron chi connectivity index (χ2n) is 4.45. The van der Waals surface area contributed by atoms with Crippen molar-refractivity contribution in [3.05, 3.63) is 0 Å². The molecule has 0 aromatic rings. The van der Waals surface area contributed by atoms with Gasteiger partial charge >= 0.3 is 5.97 Å². The van der Waals surface area contributed by atoms with E-state index >= 15 is 0 Å². The molecular weight excluding hydrogens is 208 g/mol. The third-order valence-electron chi connectivity index (χ3n) is 2.04. The maximum Gasteiger partial charge on any atom is 0.328 e. The lowest BCUT2D eigenvalue weighted by Gasteiger charge is -2.18. The van der Waals surface area contributed by atoms with Crippen molar-refractivity contribution in [2.45, 2.75) is 45.7 Å². The minimum Gasteiger partial charge on any atom is -0.467 e.